The summed E-state index contributed by atoms with van der Waals surface area (Å²) in [5.41, 5.74) is 7.70. The molecule has 1 atom stereocenters. The molecule has 196 valence electrons. The Morgan fingerprint density at radius 2 is 2.05 bits per heavy atom. The van der Waals surface area contributed by atoms with Gasteiger partial charge >= 0.3 is 0 Å². The van der Waals surface area contributed by atoms with Crippen molar-refractivity contribution in [1.29, 1.82) is 0 Å². The third-order valence-corrected chi connectivity index (χ3v) is 6.84. The molecule has 3 aromatic rings. The minimum absolute atomic E-state index is 0.0246. The summed E-state index contributed by atoms with van der Waals surface area (Å²) in [6.07, 6.45) is 8.72. The van der Waals surface area contributed by atoms with Crippen molar-refractivity contribution in [1.82, 2.24) is 20.1 Å². The van der Waals surface area contributed by atoms with E-state index >= 15 is 0 Å². The third kappa shape index (κ3) is 5.24. The highest BCUT2D eigenvalue weighted by molar-refractivity contribution is 6.06. The number of carbonyl (C=O) groups excluding carboxylic acids is 2. The molecule has 0 radical (unpaired) electrons. The van der Waals surface area contributed by atoms with Crippen molar-refractivity contribution in [2.75, 3.05) is 13.2 Å². The molecular weight excluding hydrogens is 474 g/mol. The van der Waals surface area contributed by atoms with Crippen molar-refractivity contribution in [3.05, 3.63) is 36.3 Å². The zero-order chi connectivity index (χ0) is 26.1. The van der Waals surface area contributed by atoms with Gasteiger partial charge in [-0.2, -0.15) is 5.10 Å². The molecule has 2 fully saturated rings. The molecule has 2 amide bonds. The highest BCUT2D eigenvalue weighted by atomic mass is 16.5. The summed E-state index contributed by atoms with van der Waals surface area (Å²) in [5.74, 6) is 0.218. The smallest absolute Gasteiger partial charge is 0.252 e. The van der Waals surface area contributed by atoms with Gasteiger partial charge in [-0.25, -0.2) is 4.98 Å². The second kappa shape index (κ2) is 10.4. The van der Waals surface area contributed by atoms with Gasteiger partial charge in [-0.3, -0.25) is 14.3 Å². The number of primary amides is 1. The SMILES string of the molecule is CCO[C@H]1C[C@@H](n2cc(-c3cnc(OC[C@@H]4CCC(=O)N4)c4cc(OC(C)C)c(C(N)=O)cc34)cn2)C1. The molecule has 3 N–H and O–H groups in total. The second-order valence-electron chi connectivity index (χ2n) is 9.93. The molecular formula is C27H33N5O5. The van der Waals surface area contributed by atoms with E-state index in [1.165, 1.54) is 0 Å². The Morgan fingerprint density at radius 3 is 2.73 bits per heavy atom. The lowest BCUT2D eigenvalue weighted by Gasteiger charge is -2.34. The van der Waals surface area contributed by atoms with E-state index in [4.69, 9.17) is 19.9 Å². The van der Waals surface area contributed by atoms with E-state index < -0.39 is 5.91 Å². The van der Waals surface area contributed by atoms with Gasteiger partial charge in [0.05, 0.1) is 36.1 Å². The largest absolute Gasteiger partial charge is 0.490 e. The maximum absolute atomic E-state index is 12.4. The Balaban J connectivity index is 1.52. The van der Waals surface area contributed by atoms with Crippen molar-refractivity contribution in [2.24, 2.45) is 5.73 Å². The molecule has 10 heteroatoms. The molecule has 5 rings (SSSR count). The van der Waals surface area contributed by atoms with Gasteiger partial charge in [0, 0.05) is 41.9 Å². The van der Waals surface area contributed by atoms with Gasteiger partial charge in [-0.15, -0.1) is 0 Å². The summed E-state index contributed by atoms with van der Waals surface area (Å²) in [6, 6.07) is 3.72. The zero-order valence-electron chi connectivity index (χ0n) is 21.4. The van der Waals surface area contributed by atoms with Gasteiger partial charge in [0.2, 0.25) is 11.8 Å². The standard InChI is InChI=1S/C27H33N5O5/c1-4-35-19-7-18(8-19)32-13-16(11-30-32)23-12-29-27(36-14-17-5-6-25(33)31-17)21-10-24(37-15(2)3)22(26(28)34)9-20(21)23/h9-13,15,17-19H,4-8,14H2,1-3H3,(H2,28,34)(H,31,33)/t17-,18-,19+/m0/s1. The van der Waals surface area contributed by atoms with Crippen LogP contribution in [0.1, 0.15) is 62.9 Å². The first kappa shape index (κ1) is 25.0. The highest BCUT2D eigenvalue weighted by Gasteiger charge is 2.32. The number of nitrogens with two attached hydrogens (primary N) is 1. The van der Waals surface area contributed by atoms with E-state index in [1.54, 1.807) is 18.3 Å². The van der Waals surface area contributed by atoms with Crippen LogP contribution >= 0.6 is 0 Å². The number of fused-ring (bicyclic) bond motifs is 1. The summed E-state index contributed by atoms with van der Waals surface area (Å²) >= 11 is 0. The predicted octanol–water partition coefficient (Wildman–Crippen LogP) is 3.38. The lowest BCUT2D eigenvalue weighted by atomic mass is 9.89. The van der Waals surface area contributed by atoms with Crippen LogP contribution < -0.4 is 20.5 Å². The monoisotopic (exact) mass is 507 g/mol. The van der Waals surface area contributed by atoms with Gasteiger partial charge in [-0.1, -0.05) is 0 Å². The minimum Gasteiger partial charge on any atom is -0.490 e. The van der Waals surface area contributed by atoms with Crippen LogP contribution in [0.4, 0.5) is 0 Å². The Bertz CT molecular complexity index is 1310. The average molecular weight is 508 g/mol. The molecule has 0 spiro atoms. The average Bonchev–Trinajstić information content (AvgIpc) is 3.47. The lowest BCUT2D eigenvalue weighted by molar-refractivity contribution is -0.119. The van der Waals surface area contributed by atoms with Gasteiger partial charge in [0.1, 0.15) is 12.4 Å². The summed E-state index contributed by atoms with van der Waals surface area (Å²) in [6.45, 7) is 6.79. The molecule has 0 bridgehead atoms. The van der Waals surface area contributed by atoms with E-state index in [0.29, 0.717) is 49.1 Å². The fourth-order valence-corrected chi connectivity index (χ4v) is 4.92. The fraction of sp³-hybridized carbons (Fsp3) is 0.481. The van der Waals surface area contributed by atoms with E-state index in [2.05, 4.69) is 15.4 Å². The minimum atomic E-state index is -0.580. The molecule has 1 aromatic carbocycles. The van der Waals surface area contributed by atoms with Crippen LogP contribution in [0.5, 0.6) is 11.6 Å². The summed E-state index contributed by atoms with van der Waals surface area (Å²) in [4.78, 5) is 28.6. The molecule has 0 unspecified atom stereocenters. The van der Waals surface area contributed by atoms with E-state index in [9.17, 15) is 9.59 Å². The Kier molecular flexibility index (Phi) is 7.01. The quantitative estimate of drug-likeness (QED) is 0.430. The van der Waals surface area contributed by atoms with Crippen LogP contribution in [0.2, 0.25) is 0 Å². The lowest BCUT2D eigenvalue weighted by Crippen LogP contribution is -2.33. The van der Waals surface area contributed by atoms with E-state index in [0.717, 1.165) is 29.4 Å². The van der Waals surface area contributed by atoms with Crippen LogP contribution in [0.3, 0.4) is 0 Å². The highest BCUT2D eigenvalue weighted by Crippen LogP contribution is 2.39. The zero-order valence-corrected chi connectivity index (χ0v) is 21.4. The molecule has 2 aliphatic rings. The van der Waals surface area contributed by atoms with E-state index in [1.807, 2.05) is 37.8 Å². The first-order valence-electron chi connectivity index (χ1n) is 12.8. The van der Waals surface area contributed by atoms with Crippen molar-refractivity contribution in [2.45, 2.75) is 70.7 Å². The van der Waals surface area contributed by atoms with Gasteiger partial charge < -0.3 is 25.3 Å². The molecule has 1 saturated heterocycles. The molecule has 10 nitrogen and oxygen atoms in total. The van der Waals surface area contributed by atoms with Crippen molar-refractivity contribution >= 4 is 22.6 Å². The number of benzene rings is 1. The van der Waals surface area contributed by atoms with Crippen molar-refractivity contribution < 1.29 is 23.8 Å². The van der Waals surface area contributed by atoms with Crippen molar-refractivity contribution in [3.63, 3.8) is 0 Å². The summed E-state index contributed by atoms with van der Waals surface area (Å²) < 4.78 is 19.7. The maximum Gasteiger partial charge on any atom is 0.252 e. The molecule has 1 aliphatic carbocycles. The normalized spacial score (nSPS) is 21.2. The summed E-state index contributed by atoms with van der Waals surface area (Å²) in [5, 5.41) is 8.95. The first-order valence-corrected chi connectivity index (χ1v) is 12.8. The number of rotatable bonds is 10. The number of nitrogens with one attached hydrogen (secondary N) is 1. The molecule has 1 aliphatic heterocycles. The van der Waals surface area contributed by atoms with Gasteiger partial charge in [0.25, 0.3) is 5.91 Å². The van der Waals surface area contributed by atoms with Crippen LogP contribution in [-0.2, 0) is 9.53 Å². The number of carbonyl (C=O) groups is 2. The molecule has 2 aromatic heterocycles. The molecule has 37 heavy (non-hydrogen) atoms. The summed E-state index contributed by atoms with van der Waals surface area (Å²) in [7, 11) is 0. The number of hydrogen-bond acceptors (Lipinski definition) is 7. The third-order valence-electron chi connectivity index (χ3n) is 6.84. The topological polar surface area (TPSA) is 131 Å². The first-order chi connectivity index (χ1) is 17.8. The Morgan fingerprint density at radius 1 is 1.24 bits per heavy atom. The van der Waals surface area contributed by atoms with Crippen LogP contribution in [-0.4, -0.2) is 58.0 Å². The number of aromatic nitrogens is 3. The van der Waals surface area contributed by atoms with Crippen molar-refractivity contribution in [3.8, 4) is 22.8 Å². The Hall–Kier alpha value is -3.66. The van der Waals surface area contributed by atoms with Crippen LogP contribution in [0.15, 0.2) is 30.7 Å². The number of nitrogens with zero attached hydrogens (tertiary/aromatic N) is 3. The predicted molar refractivity (Wildman–Crippen MR) is 138 cm³/mol. The van der Waals surface area contributed by atoms with Gasteiger partial charge in [0.15, 0.2) is 0 Å². The van der Waals surface area contributed by atoms with Gasteiger partial charge in [-0.05, 0) is 57.6 Å². The number of ether oxygens (including phenoxy) is 3. The molecule has 3 heterocycles. The van der Waals surface area contributed by atoms with Crippen LogP contribution in [0.25, 0.3) is 21.9 Å². The fourth-order valence-electron chi connectivity index (χ4n) is 4.92. The maximum atomic E-state index is 12.4. The Labute approximate surface area is 215 Å². The number of hydrogen-bond donors (Lipinski definition) is 2. The van der Waals surface area contributed by atoms with Crippen LogP contribution in [0, 0.1) is 0 Å². The number of amides is 2. The number of pyridine rings is 1. The van der Waals surface area contributed by atoms with E-state index in [-0.39, 0.29) is 29.7 Å². The molecule has 1 saturated carbocycles. The second-order valence-corrected chi connectivity index (χ2v) is 9.93.